The number of hydrogen-bond donors (Lipinski definition) is 0. The molecule has 0 aliphatic rings. The fourth-order valence-electron chi connectivity index (χ4n) is 2.53. The molecule has 2 rings (SSSR count). The first-order valence-electron chi connectivity index (χ1n) is 9.39. The number of hydrogen-bond acceptors (Lipinski definition) is 7. The third-order valence-electron chi connectivity index (χ3n) is 3.59. The molecule has 0 radical (unpaired) electrons. The molecule has 2 aromatic heterocycles. The number of alkyl halides is 2. The second-order valence-electron chi connectivity index (χ2n) is 8.72. The lowest BCUT2D eigenvalue weighted by Gasteiger charge is -2.26. The van der Waals surface area contributed by atoms with Gasteiger partial charge in [0.2, 0.25) is 0 Å². The average Bonchev–Trinajstić information content (AvgIpc) is 2.58. The quantitative estimate of drug-likeness (QED) is 0.504. The fourth-order valence-corrected chi connectivity index (χ4v) is 2.53. The van der Waals surface area contributed by atoms with Crippen LogP contribution in [0.4, 0.5) is 13.2 Å². The molecule has 2 heterocycles. The van der Waals surface area contributed by atoms with Gasteiger partial charge in [-0.2, -0.15) is 0 Å². The number of nitrogens with zero attached hydrogens (tertiary/aromatic N) is 3. The molecule has 0 N–H and O–H groups in total. The van der Waals surface area contributed by atoms with Gasteiger partial charge in [0, 0.05) is 11.8 Å². The number of esters is 2. The summed E-state index contributed by atoms with van der Waals surface area (Å²) in [5, 5.41) is 0. The summed E-state index contributed by atoms with van der Waals surface area (Å²) in [6, 6.07) is 1.05. The van der Waals surface area contributed by atoms with E-state index < -0.39 is 52.7 Å². The van der Waals surface area contributed by atoms with Crippen LogP contribution in [0.25, 0.3) is 11.3 Å². The van der Waals surface area contributed by atoms with Crippen molar-refractivity contribution in [3.05, 3.63) is 41.9 Å². The Bertz CT molecular complexity index is 941. The molecule has 0 amide bonds. The predicted octanol–water partition coefficient (Wildman–Crippen LogP) is 4.38. The van der Waals surface area contributed by atoms with Gasteiger partial charge in [-0.1, -0.05) is 0 Å². The van der Waals surface area contributed by atoms with Crippen LogP contribution < -0.4 is 0 Å². The van der Waals surface area contributed by atoms with E-state index in [0.29, 0.717) is 0 Å². The van der Waals surface area contributed by atoms with Gasteiger partial charge in [-0.15, -0.1) is 0 Å². The molecule has 0 aromatic carbocycles. The Labute approximate surface area is 178 Å². The summed E-state index contributed by atoms with van der Waals surface area (Å²) in [6.07, 6.45) is 0.0393. The lowest BCUT2D eigenvalue weighted by atomic mass is 10.0. The van der Waals surface area contributed by atoms with Crippen molar-refractivity contribution in [1.29, 1.82) is 0 Å². The minimum Gasteiger partial charge on any atom is -0.459 e. The predicted molar refractivity (Wildman–Crippen MR) is 105 cm³/mol. The third kappa shape index (κ3) is 6.73. The van der Waals surface area contributed by atoms with E-state index >= 15 is 0 Å². The Morgan fingerprint density at radius 3 is 1.90 bits per heavy atom. The Balaban J connectivity index is 2.60. The van der Waals surface area contributed by atoms with E-state index in [1.165, 1.54) is 6.20 Å². The monoisotopic (exact) mass is 439 g/mol. The highest BCUT2D eigenvalue weighted by Crippen LogP contribution is 2.31. The van der Waals surface area contributed by atoms with Gasteiger partial charge in [-0.25, -0.2) is 18.2 Å². The summed E-state index contributed by atoms with van der Waals surface area (Å²) in [5.41, 5.74) is -3.49. The second-order valence-corrected chi connectivity index (χ2v) is 8.72. The SMILES string of the molecule is CC(C)(C)OC(=O)C(C(=O)OC(C)(C)C)c1ncc(-c2cncc(F)c2)nc1C(F)F. The van der Waals surface area contributed by atoms with E-state index in [9.17, 15) is 22.8 Å². The summed E-state index contributed by atoms with van der Waals surface area (Å²) < 4.78 is 51.7. The fraction of sp³-hybridized carbons (Fsp3) is 0.476. The van der Waals surface area contributed by atoms with E-state index in [0.717, 1.165) is 18.5 Å². The number of carbonyl (C=O) groups is 2. The van der Waals surface area contributed by atoms with E-state index in [1.807, 2.05) is 0 Å². The van der Waals surface area contributed by atoms with Gasteiger partial charge < -0.3 is 9.47 Å². The van der Waals surface area contributed by atoms with Crippen LogP contribution in [0.2, 0.25) is 0 Å². The minimum atomic E-state index is -3.18. The maximum atomic E-state index is 13.9. The number of rotatable bonds is 5. The molecule has 2 aromatic rings. The van der Waals surface area contributed by atoms with Gasteiger partial charge in [-0.05, 0) is 47.6 Å². The molecule has 0 aliphatic carbocycles. The molecule has 10 heteroatoms. The van der Waals surface area contributed by atoms with Gasteiger partial charge in [0.25, 0.3) is 6.43 Å². The number of ether oxygens (including phenoxy) is 2. The molecule has 0 saturated carbocycles. The smallest absolute Gasteiger partial charge is 0.327 e. The summed E-state index contributed by atoms with van der Waals surface area (Å²) in [5.74, 6) is -4.77. The molecule has 0 spiro atoms. The maximum Gasteiger partial charge on any atom is 0.327 e. The molecule has 0 aliphatic heterocycles. The maximum absolute atomic E-state index is 13.9. The number of carbonyl (C=O) groups excluding carboxylic acids is 2. The molecule has 0 bridgehead atoms. The molecule has 0 unspecified atom stereocenters. The minimum absolute atomic E-state index is 0.0989. The van der Waals surface area contributed by atoms with Crippen molar-refractivity contribution in [2.45, 2.75) is 65.1 Å². The third-order valence-corrected chi connectivity index (χ3v) is 3.59. The van der Waals surface area contributed by atoms with Crippen molar-refractivity contribution < 1.29 is 32.2 Å². The van der Waals surface area contributed by atoms with Crippen LogP contribution in [0, 0.1) is 5.82 Å². The lowest BCUT2D eigenvalue weighted by molar-refractivity contribution is -0.169. The Hall–Kier alpha value is -3.04. The van der Waals surface area contributed by atoms with Crippen molar-refractivity contribution >= 4 is 11.9 Å². The summed E-state index contributed by atoms with van der Waals surface area (Å²) in [7, 11) is 0. The first kappa shape index (κ1) is 24.2. The van der Waals surface area contributed by atoms with Crippen LogP contribution in [0.5, 0.6) is 0 Å². The van der Waals surface area contributed by atoms with E-state index in [-0.39, 0.29) is 11.3 Å². The van der Waals surface area contributed by atoms with Crippen LogP contribution in [0.15, 0.2) is 24.7 Å². The highest BCUT2D eigenvalue weighted by molar-refractivity contribution is 6.01. The number of halogens is 3. The first-order valence-corrected chi connectivity index (χ1v) is 9.39. The highest BCUT2D eigenvalue weighted by Gasteiger charge is 2.40. The first-order chi connectivity index (χ1) is 14.2. The molecule has 0 atom stereocenters. The van der Waals surface area contributed by atoms with E-state index in [4.69, 9.17) is 9.47 Å². The Morgan fingerprint density at radius 2 is 1.45 bits per heavy atom. The van der Waals surface area contributed by atoms with Crippen LogP contribution in [-0.4, -0.2) is 38.1 Å². The standard InChI is InChI=1S/C21H24F3N3O4/c1-20(2,3)30-18(28)14(19(29)31-21(4,5)6)15-16(17(23)24)27-13(10-26-15)11-7-12(22)9-25-8-11/h7-10,14,17H,1-6H3. The van der Waals surface area contributed by atoms with Crippen LogP contribution in [0.1, 0.15) is 65.3 Å². The molecular weight excluding hydrogens is 415 g/mol. The van der Waals surface area contributed by atoms with Crippen LogP contribution >= 0.6 is 0 Å². The molecular formula is C21H24F3N3O4. The zero-order valence-electron chi connectivity index (χ0n) is 18.1. The Kier molecular flexibility index (Phi) is 7.03. The van der Waals surface area contributed by atoms with Crippen molar-refractivity contribution in [2.75, 3.05) is 0 Å². The lowest BCUT2D eigenvalue weighted by Crippen LogP contribution is -2.36. The molecule has 168 valence electrons. The number of pyridine rings is 1. The highest BCUT2D eigenvalue weighted by atomic mass is 19.3. The number of aromatic nitrogens is 3. The molecule has 0 saturated heterocycles. The summed E-state index contributed by atoms with van der Waals surface area (Å²) >= 11 is 0. The second kappa shape index (κ2) is 8.99. The van der Waals surface area contributed by atoms with Crippen molar-refractivity contribution in [3.63, 3.8) is 0 Å². The van der Waals surface area contributed by atoms with Gasteiger partial charge >= 0.3 is 11.9 Å². The van der Waals surface area contributed by atoms with Crippen LogP contribution in [-0.2, 0) is 19.1 Å². The molecule has 31 heavy (non-hydrogen) atoms. The summed E-state index contributed by atoms with van der Waals surface area (Å²) in [4.78, 5) is 36.9. The molecule has 7 nitrogen and oxygen atoms in total. The normalized spacial score (nSPS) is 12.2. The largest absolute Gasteiger partial charge is 0.459 e. The summed E-state index contributed by atoms with van der Waals surface area (Å²) in [6.45, 7) is 9.40. The van der Waals surface area contributed by atoms with Gasteiger partial charge in [-0.3, -0.25) is 19.6 Å². The van der Waals surface area contributed by atoms with Gasteiger partial charge in [0.1, 0.15) is 22.7 Å². The van der Waals surface area contributed by atoms with Crippen molar-refractivity contribution in [2.24, 2.45) is 0 Å². The van der Waals surface area contributed by atoms with Gasteiger partial charge in [0.15, 0.2) is 5.92 Å². The van der Waals surface area contributed by atoms with Crippen molar-refractivity contribution in [3.8, 4) is 11.3 Å². The van der Waals surface area contributed by atoms with E-state index in [1.54, 1.807) is 41.5 Å². The molecule has 0 fully saturated rings. The average molecular weight is 439 g/mol. The zero-order chi connectivity index (χ0) is 23.6. The van der Waals surface area contributed by atoms with Crippen molar-refractivity contribution in [1.82, 2.24) is 15.0 Å². The zero-order valence-corrected chi connectivity index (χ0v) is 18.1. The van der Waals surface area contributed by atoms with Gasteiger partial charge in [0.05, 0.1) is 23.8 Å². The van der Waals surface area contributed by atoms with E-state index in [2.05, 4.69) is 15.0 Å². The van der Waals surface area contributed by atoms with Crippen LogP contribution in [0.3, 0.4) is 0 Å². The topological polar surface area (TPSA) is 91.3 Å². The Morgan fingerprint density at radius 1 is 0.903 bits per heavy atom.